The van der Waals surface area contributed by atoms with E-state index >= 15 is 0 Å². The van der Waals surface area contributed by atoms with Gasteiger partial charge in [-0.15, -0.1) is 0 Å². The van der Waals surface area contributed by atoms with E-state index in [0.717, 1.165) is 0 Å². The zero-order valence-electron chi connectivity index (χ0n) is 13.4. The quantitative estimate of drug-likeness (QED) is 0.686. The van der Waals surface area contributed by atoms with Gasteiger partial charge in [-0.2, -0.15) is 0 Å². The van der Waals surface area contributed by atoms with Crippen LogP contribution in [-0.2, 0) is 0 Å². The summed E-state index contributed by atoms with van der Waals surface area (Å²) in [5.74, 6) is 0. The van der Waals surface area contributed by atoms with Crippen LogP contribution < -0.4 is 11.5 Å². The van der Waals surface area contributed by atoms with Crippen LogP contribution in [0.4, 0.5) is 0 Å². The number of nitrogens with two attached hydrogens (primary N) is 2. The van der Waals surface area contributed by atoms with Crippen LogP contribution in [0.1, 0.15) is 12.0 Å². The van der Waals surface area contributed by atoms with Gasteiger partial charge in [-0.3, -0.25) is 0 Å². The Balaban J connectivity index is 1.82. The summed E-state index contributed by atoms with van der Waals surface area (Å²) in [4.78, 5) is 0. The molecule has 24 heavy (non-hydrogen) atoms. The Labute approximate surface area is 142 Å². The first-order chi connectivity index (χ1) is 11.6. The van der Waals surface area contributed by atoms with Crippen molar-refractivity contribution in [2.75, 3.05) is 0 Å². The van der Waals surface area contributed by atoms with Crippen LogP contribution in [0, 0.1) is 0 Å². The highest BCUT2D eigenvalue weighted by Crippen LogP contribution is 2.33. The van der Waals surface area contributed by atoms with Gasteiger partial charge in [0.05, 0.1) is 5.66 Å². The third kappa shape index (κ3) is 2.78. The van der Waals surface area contributed by atoms with Crippen LogP contribution >= 0.6 is 0 Å². The van der Waals surface area contributed by atoms with Crippen LogP contribution in [0.3, 0.4) is 0 Å². The average Bonchev–Trinajstić information content (AvgIpc) is 2.61. The molecule has 0 amide bonds. The topological polar surface area (TPSA) is 52.0 Å². The predicted octanol–water partition coefficient (Wildman–Crippen LogP) is 4.46. The van der Waals surface area contributed by atoms with Gasteiger partial charge in [-0.25, -0.2) is 0 Å². The third-order valence-corrected chi connectivity index (χ3v) is 4.55. The van der Waals surface area contributed by atoms with Crippen molar-refractivity contribution in [1.82, 2.24) is 0 Å². The van der Waals surface area contributed by atoms with E-state index in [2.05, 4.69) is 72.8 Å². The van der Waals surface area contributed by atoms with E-state index in [1.807, 2.05) is 12.2 Å². The Morgan fingerprint density at radius 1 is 0.750 bits per heavy atom. The van der Waals surface area contributed by atoms with Crippen LogP contribution in [0.5, 0.6) is 0 Å². The van der Waals surface area contributed by atoms with Crippen LogP contribution in [0.2, 0.25) is 0 Å². The second-order valence-electron chi connectivity index (χ2n) is 6.42. The van der Waals surface area contributed by atoms with Gasteiger partial charge in [-0.05, 0) is 45.2 Å². The maximum absolute atomic E-state index is 5.98. The molecule has 0 heterocycles. The molecule has 1 aliphatic rings. The zero-order valence-corrected chi connectivity index (χ0v) is 13.4. The Bertz CT molecular complexity index is 964. The molecule has 0 spiro atoms. The highest BCUT2D eigenvalue weighted by atomic mass is 14.9. The summed E-state index contributed by atoms with van der Waals surface area (Å²) >= 11 is 0. The maximum atomic E-state index is 5.98. The second kappa shape index (κ2) is 5.75. The molecule has 0 unspecified atom stereocenters. The monoisotopic (exact) mass is 312 g/mol. The molecule has 0 aromatic heterocycles. The fourth-order valence-corrected chi connectivity index (χ4v) is 3.21. The molecule has 0 radical (unpaired) electrons. The van der Waals surface area contributed by atoms with Crippen molar-refractivity contribution in [1.29, 1.82) is 0 Å². The first kappa shape index (κ1) is 14.9. The van der Waals surface area contributed by atoms with E-state index in [4.69, 9.17) is 11.5 Å². The van der Waals surface area contributed by atoms with Crippen molar-refractivity contribution in [2.45, 2.75) is 12.1 Å². The van der Waals surface area contributed by atoms with Gasteiger partial charge < -0.3 is 11.5 Å². The van der Waals surface area contributed by atoms with Crippen molar-refractivity contribution in [3.63, 3.8) is 0 Å². The van der Waals surface area contributed by atoms with Crippen molar-refractivity contribution in [3.05, 3.63) is 90.5 Å². The Morgan fingerprint density at radius 2 is 1.46 bits per heavy atom. The molecule has 3 aromatic carbocycles. The van der Waals surface area contributed by atoms with E-state index in [9.17, 15) is 0 Å². The molecule has 0 fully saturated rings. The summed E-state index contributed by atoms with van der Waals surface area (Å²) in [5.41, 5.74) is 16.0. The standard InChI is InChI=1S/C22H20N2/c23-22(24)13-11-17(12-14-22)20-7-3-4-8-21(20)19-10-9-16-5-1-2-6-18(16)15-19/h1-13,15H,14,23-24H2. The van der Waals surface area contributed by atoms with E-state index in [0.29, 0.717) is 6.42 Å². The van der Waals surface area contributed by atoms with Gasteiger partial charge in [0, 0.05) is 6.42 Å². The zero-order chi connectivity index (χ0) is 16.6. The summed E-state index contributed by atoms with van der Waals surface area (Å²) in [6.07, 6.45) is 6.69. The summed E-state index contributed by atoms with van der Waals surface area (Å²) in [6, 6.07) is 23.5. The lowest BCUT2D eigenvalue weighted by Crippen LogP contribution is -2.47. The number of fused-ring (bicyclic) bond motifs is 1. The van der Waals surface area contributed by atoms with E-state index in [1.165, 1.54) is 33.0 Å². The molecule has 4 N–H and O–H groups in total. The lowest BCUT2D eigenvalue weighted by Gasteiger charge is -2.23. The second-order valence-corrected chi connectivity index (χ2v) is 6.42. The van der Waals surface area contributed by atoms with Gasteiger partial charge in [0.2, 0.25) is 0 Å². The summed E-state index contributed by atoms with van der Waals surface area (Å²) in [5, 5.41) is 2.51. The molecule has 0 saturated carbocycles. The van der Waals surface area contributed by atoms with E-state index < -0.39 is 5.66 Å². The molecule has 118 valence electrons. The molecule has 0 bridgehead atoms. The first-order valence-corrected chi connectivity index (χ1v) is 8.18. The Morgan fingerprint density at radius 3 is 2.21 bits per heavy atom. The minimum Gasteiger partial charge on any atom is -0.310 e. The largest absolute Gasteiger partial charge is 0.310 e. The lowest BCUT2D eigenvalue weighted by atomic mass is 9.89. The molecule has 4 rings (SSSR count). The van der Waals surface area contributed by atoms with Crippen molar-refractivity contribution in [3.8, 4) is 11.1 Å². The molecule has 1 aliphatic carbocycles. The lowest BCUT2D eigenvalue weighted by molar-refractivity contribution is 0.559. The van der Waals surface area contributed by atoms with Gasteiger partial charge >= 0.3 is 0 Å². The minimum atomic E-state index is -0.735. The van der Waals surface area contributed by atoms with Crippen LogP contribution in [-0.4, -0.2) is 5.66 Å². The van der Waals surface area contributed by atoms with Crippen LogP contribution in [0.25, 0.3) is 27.5 Å². The SMILES string of the molecule is NC1(N)C=CC(c2ccccc2-c2ccc3ccccc3c2)=CC1. The highest BCUT2D eigenvalue weighted by Gasteiger charge is 2.18. The van der Waals surface area contributed by atoms with Crippen molar-refractivity contribution in [2.24, 2.45) is 11.5 Å². The van der Waals surface area contributed by atoms with Crippen molar-refractivity contribution < 1.29 is 0 Å². The molecular formula is C22H20N2. The Hall–Kier alpha value is -2.68. The smallest absolute Gasteiger partial charge is 0.0867 e. The fraction of sp³-hybridized carbons (Fsp3) is 0.0909. The molecule has 3 aromatic rings. The summed E-state index contributed by atoms with van der Waals surface area (Å²) in [7, 11) is 0. The molecule has 0 atom stereocenters. The van der Waals surface area contributed by atoms with E-state index in [-0.39, 0.29) is 0 Å². The van der Waals surface area contributed by atoms with E-state index in [1.54, 1.807) is 0 Å². The molecule has 2 heteroatoms. The fourth-order valence-electron chi connectivity index (χ4n) is 3.21. The van der Waals surface area contributed by atoms with Crippen LogP contribution in [0.15, 0.2) is 85.0 Å². The van der Waals surface area contributed by atoms with Gasteiger partial charge in [0.15, 0.2) is 0 Å². The number of rotatable bonds is 2. The Kier molecular flexibility index (Phi) is 3.57. The summed E-state index contributed by atoms with van der Waals surface area (Å²) < 4.78 is 0. The minimum absolute atomic E-state index is 0.644. The van der Waals surface area contributed by atoms with Gasteiger partial charge in [0.1, 0.15) is 0 Å². The third-order valence-electron chi connectivity index (χ3n) is 4.55. The number of benzene rings is 3. The number of hydrogen-bond acceptors (Lipinski definition) is 2. The maximum Gasteiger partial charge on any atom is 0.0867 e. The summed E-state index contributed by atoms with van der Waals surface area (Å²) in [6.45, 7) is 0. The number of hydrogen-bond donors (Lipinski definition) is 2. The molecule has 0 saturated heterocycles. The highest BCUT2D eigenvalue weighted by molar-refractivity contribution is 5.91. The predicted molar refractivity (Wildman–Crippen MR) is 102 cm³/mol. The molecule has 2 nitrogen and oxygen atoms in total. The normalized spacial score (nSPS) is 16.2. The average molecular weight is 312 g/mol. The van der Waals surface area contributed by atoms with Gasteiger partial charge in [-0.1, -0.05) is 72.8 Å². The molecule has 0 aliphatic heterocycles. The van der Waals surface area contributed by atoms with Crippen molar-refractivity contribution >= 4 is 16.3 Å². The first-order valence-electron chi connectivity index (χ1n) is 8.18. The number of allylic oxidation sites excluding steroid dienone is 2. The molecular weight excluding hydrogens is 292 g/mol. The van der Waals surface area contributed by atoms with Gasteiger partial charge in [0.25, 0.3) is 0 Å².